The van der Waals surface area contributed by atoms with Crippen LogP contribution < -0.4 is 4.74 Å². The maximum Gasteiger partial charge on any atom is 0.137 e. The lowest BCUT2D eigenvalue weighted by Crippen LogP contribution is -2.02. The zero-order valence-corrected chi connectivity index (χ0v) is 11.9. The fraction of sp³-hybridized carbons (Fsp3) is 0.176. The van der Waals surface area contributed by atoms with E-state index in [0.717, 1.165) is 30.1 Å². The summed E-state index contributed by atoms with van der Waals surface area (Å²) >= 11 is 0. The quantitative estimate of drug-likeness (QED) is 0.720. The smallest absolute Gasteiger partial charge is 0.137 e. The Morgan fingerprint density at radius 1 is 0.952 bits per heavy atom. The van der Waals surface area contributed by atoms with E-state index in [-0.39, 0.29) is 0 Å². The third-order valence-corrected chi connectivity index (χ3v) is 3.45. The van der Waals surface area contributed by atoms with E-state index < -0.39 is 0 Å². The van der Waals surface area contributed by atoms with E-state index in [2.05, 4.69) is 34.5 Å². The molecule has 0 fully saturated rings. The van der Waals surface area contributed by atoms with Crippen molar-refractivity contribution in [2.45, 2.75) is 12.8 Å². The van der Waals surface area contributed by atoms with E-state index in [1.807, 2.05) is 34.9 Å². The first kappa shape index (κ1) is 13.4. The van der Waals surface area contributed by atoms with Gasteiger partial charge in [-0.05, 0) is 36.2 Å². The second-order valence-electron chi connectivity index (χ2n) is 4.80. The summed E-state index contributed by atoms with van der Waals surface area (Å²) in [6.45, 7) is 0. The molecule has 0 saturated heterocycles. The highest BCUT2D eigenvalue weighted by Crippen LogP contribution is 2.14. The summed E-state index contributed by atoms with van der Waals surface area (Å²) in [4.78, 5) is 0. The van der Waals surface area contributed by atoms with Gasteiger partial charge in [-0.3, -0.25) is 4.57 Å². The van der Waals surface area contributed by atoms with E-state index in [0.29, 0.717) is 0 Å². The molecule has 1 heterocycles. The fourth-order valence-electron chi connectivity index (χ4n) is 2.28. The van der Waals surface area contributed by atoms with Gasteiger partial charge in [0.05, 0.1) is 7.11 Å². The van der Waals surface area contributed by atoms with Gasteiger partial charge in [0.1, 0.15) is 17.9 Å². The van der Waals surface area contributed by atoms with Gasteiger partial charge in [-0.1, -0.05) is 30.3 Å². The van der Waals surface area contributed by atoms with Crippen molar-refractivity contribution in [3.63, 3.8) is 0 Å². The third kappa shape index (κ3) is 3.11. The SMILES string of the molecule is COc1ccc(CCc2nncn2-c2ccccc2)cc1. The minimum absolute atomic E-state index is 0.848. The minimum atomic E-state index is 0.848. The molecule has 106 valence electrons. The normalized spacial score (nSPS) is 10.5. The van der Waals surface area contributed by atoms with Crippen LogP contribution in [0.2, 0.25) is 0 Å². The Kier molecular flexibility index (Phi) is 3.96. The standard InChI is InChI=1S/C17H17N3O/c1-21-16-10-7-14(8-11-16)9-12-17-19-18-13-20(17)15-5-3-2-4-6-15/h2-8,10-11,13H,9,12H2,1H3. The highest BCUT2D eigenvalue weighted by atomic mass is 16.5. The summed E-state index contributed by atoms with van der Waals surface area (Å²) < 4.78 is 7.20. The summed E-state index contributed by atoms with van der Waals surface area (Å²) in [5.41, 5.74) is 2.35. The van der Waals surface area contributed by atoms with Gasteiger partial charge < -0.3 is 4.74 Å². The van der Waals surface area contributed by atoms with Crippen LogP contribution >= 0.6 is 0 Å². The van der Waals surface area contributed by atoms with E-state index >= 15 is 0 Å². The number of ether oxygens (including phenoxy) is 1. The molecule has 0 radical (unpaired) electrons. The van der Waals surface area contributed by atoms with Crippen LogP contribution in [-0.4, -0.2) is 21.9 Å². The van der Waals surface area contributed by atoms with Crippen LogP contribution in [0.25, 0.3) is 5.69 Å². The molecule has 0 unspecified atom stereocenters. The van der Waals surface area contributed by atoms with Crippen LogP contribution in [0, 0.1) is 0 Å². The van der Waals surface area contributed by atoms with E-state index in [4.69, 9.17) is 4.74 Å². The maximum atomic E-state index is 5.17. The molecule has 0 bridgehead atoms. The average molecular weight is 279 g/mol. The molecule has 3 aromatic rings. The van der Waals surface area contributed by atoms with Crippen LogP contribution in [0.3, 0.4) is 0 Å². The van der Waals surface area contributed by atoms with Crippen LogP contribution in [0.4, 0.5) is 0 Å². The predicted molar refractivity (Wildman–Crippen MR) is 81.8 cm³/mol. The number of para-hydroxylation sites is 1. The Morgan fingerprint density at radius 2 is 1.71 bits per heavy atom. The Labute approximate surface area is 124 Å². The molecular weight excluding hydrogens is 262 g/mol. The van der Waals surface area contributed by atoms with Crippen molar-refractivity contribution in [1.82, 2.24) is 14.8 Å². The number of aromatic nitrogens is 3. The summed E-state index contributed by atoms with van der Waals surface area (Å²) in [6, 6.07) is 18.3. The molecule has 1 aromatic heterocycles. The van der Waals surface area contributed by atoms with Gasteiger partial charge in [0, 0.05) is 12.1 Å². The van der Waals surface area contributed by atoms with Gasteiger partial charge in [-0.15, -0.1) is 10.2 Å². The van der Waals surface area contributed by atoms with Crippen LogP contribution in [0.15, 0.2) is 60.9 Å². The number of hydrogen-bond donors (Lipinski definition) is 0. The van der Waals surface area contributed by atoms with E-state index in [1.54, 1.807) is 13.4 Å². The Bertz CT molecular complexity index is 690. The number of rotatable bonds is 5. The summed E-state index contributed by atoms with van der Waals surface area (Å²) in [5.74, 6) is 1.85. The van der Waals surface area contributed by atoms with Crippen molar-refractivity contribution in [3.8, 4) is 11.4 Å². The topological polar surface area (TPSA) is 39.9 Å². The second-order valence-corrected chi connectivity index (χ2v) is 4.80. The van der Waals surface area contributed by atoms with Crippen LogP contribution in [0.5, 0.6) is 5.75 Å². The van der Waals surface area contributed by atoms with Crippen molar-refractivity contribution in [3.05, 3.63) is 72.3 Å². The van der Waals surface area contributed by atoms with Gasteiger partial charge in [0.2, 0.25) is 0 Å². The molecule has 2 aromatic carbocycles. The van der Waals surface area contributed by atoms with Crippen LogP contribution in [0.1, 0.15) is 11.4 Å². The largest absolute Gasteiger partial charge is 0.497 e. The van der Waals surface area contributed by atoms with Crippen molar-refractivity contribution in [2.75, 3.05) is 7.11 Å². The monoisotopic (exact) mass is 279 g/mol. The molecule has 4 nitrogen and oxygen atoms in total. The zero-order valence-electron chi connectivity index (χ0n) is 11.9. The van der Waals surface area contributed by atoms with E-state index in [1.165, 1.54) is 5.56 Å². The molecule has 4 heteroatoms. The zero-order chi connectivity index (χ0) is 14.5. The highest BCUT2D eigenvalue weighted by molar-refractivity contribution is 5.32. The molecule has 0 spiro atoms. The summed E-state index contributed by atoms with van der Waals surface area (Å²) in [7, 11) is 1.68. The molecule has 0 amide bonds. The first-order valence-corrected chi connectivity index (χ1v) is 6.94. The number of aryl methyl sites for hydroxylation is 2. The molecule has 3 rings (SSSR count). The molecule has 0 N–H and O–H groups in total. The second kappa shape index (κ2) is 6.22. The van der Waals surface area contributed by atoms with Gasteiger partial charge in [-0.25, -0.2) is 0 Å². The van der Waals surface area contributed by atoms with Crippen molar-refractivity contribution in [2.24, 2.45) is 0 Å². The highest BCUT2D eigenvalue weighted by Gasteiger charge is 2.06. The lowest BCUT2D eigenvalue weighted by molar-refractivity contribution is 0.414. The summed E-state index contributed by atoms with van der Waals surface area (Å²) in [5, 5.41) is 8.26. The maximum absolute atomic E-state index is 5.17. The number of benzene rings is 2. The van der Waals surface area contributed by atoms with Gasteiger partial charge >= 0.3 is 0 Å². The average Bonchev–Trinajstić information content (AvgIpc) is 3.03. The Balaban J connectivity index is 1.72. The number of nitrogens with zero attached hydrogens (tertiary/aromatic N) is 3. The van der Waals surface area contributed by atoms with Crippen molar-refractivity contribution >= 4 is 0 Å². The van der Waals surface area contributed by atoms with Gasteiger partial charge in [0.15, 0.2) is 0 Å². The predicted octanol–water partition coefficient (Wildman–Crippen LogP) is 3.06. The molecular formula is C17H17N3O. The van der Waals surface area contributed by atoms with Crippen LogP contribution in [-0.2, 0) is 12.8 Å². The third-order valence-electron chi connectivity index (χ3n) is 3.45. The minimum Gasteiger partial charge on any atom is -0.497 e. The van der Waals surface area contributed by atoms with Gasteiger partial charge in [0.25, 0.3) is 0 Å². The van der Waals surface area contributed by atoms with Crippen molar-refractivity contribution < 1.29 is 4.74 Å². The lowest BCUT2D eigenvalue weighted by Gasteiger charge is -2.07. The first-order chi connectivity index (χ1) is 10.4. The number of hydrogen-bond acceptors (Lipinski definition) is 3. The van der Waals surface area contributed by atoms with Crippen molar-refractivity contribution in [1.29, 1.82) is 0 Å². The fourth-order valence-corrected chi connectivity index (χ4v) is 2.28. The lowest BCUT2D eigenvalue weighted by atomic mass is 10.1. The Hall–Kier alpha value is -2.62. The summed E-state index contributed by atoms with van der Waals surface area (Å²) in [6.07, 6.45) is 3.54. The molecule has 0 aliphatic heterocycles. The molecule has 0 aliphatic rings. The van der Waals surface area contributed by atoms with Gasteiger partial charge in [-0.2, -0.15) is 0 Å². The molecule has 0 atom stereocenters. The molecule has 0 aliphatic carbocycles. The first-order valence-electron chi connectivity index (χ1n) is 6.94. The number of methoxy groups -OCH3 is 1. The Morgan fingerprint density at radius 3 is 2.43 bits per heavy atom. The van der Waals surface area contributed by atoms with E-state index in [9.17, 15) is 0 Å². The molecule has 21 heavy (non-hydrogen) atoms. The molecule has 0 saturated carbocycles.